The molecule has 1 amide bonds. The van der Waals surface area contributed by atoms with Crippen LogP contribution in [0.5, 0.6) is 17.2 Å². The van der Waals surface area contributed by atoms with Gasteiger partial charge in [0.1, 0.15) is 11.4 Å². The third-order valence-corrected chi connectivity index (χ3v) is 4.92. The minimum Gasteiger partial charge on any atom is -0.494 e. The zero-order valence-corrected chi connectivity index (χ0v) is 16.9. The van der Waals surface area contributed by atoms with Crippen molar-refractivity contribution in [2.45, 2.75) is 26.3 Å². The summed E-state index contributed by atoms with van der Waals surface area (Å²) in [7, 11) is 1.61. The second-order valence-corrected chi connectivity index (χ2v) is 7.47. The van der Waals surface area contributed by atoms with Crippen molar-refractivity contribution in [1.82, 2.24) is 15.1 Å². The summed E-state index contributed by atoms with van der Waals surface area (Å²) in [6.07, 6.45) is 1.75. The molecule has 150 valence electrons. The molecule has 7 heteroatoms. The Morgan fingerprint density at radius 3 is 2.72 bits per heavy atom. The fraction of sp³-hybridized carbons (Fsp3) is 0.273. The number of ether oxygens (including phenoxy) is 3. The third-order valence-electron chi connectivity index (χ3n) is 4.92. The summed E-state index contributed by atoms with van der Waals surface area (Å²) in [5, 5.41) is 7.49. The van der Waals surface area contributed by atoms with E-state index in [1.54, 1.807) is 24.1 Å². The first-order valence-electron chi connectivity index (χ1n) is 9.31. The van der Waals surface area contributed by atoms with Crippen molar-refractivity contribution in [2.24, 2.45) is 0 Å². The SMILES string of the molecule is COc1ccc(C)cc1-n1ccc(C(=O)NC(C)(C)c2ccc3c(c2)OCO3)n1. The molecule has 29 heavy (non-hydrogen) atoms. The molecule has 0 aliphatic carbocycles. The van der Waals surface area contributed by atoms with Crippen LogP contribution in [0.1, 0.15) is 35.5 Å². The molecule has 0 spiro atoms. The summed E-state index contributed by atoms with van der Waals surface area (Å²) < 4.78 is 17.9. The summed E-state index contributed by atoms with van der Waals surface area (Å²) in [6, 6.07) is 13.2. The van der Waals surface area contributed by atoms with Gasteiger partial charge in [-0.05, 0) is 62.2 Å². The number of hydrogen-bond acceptors (Lipinski definition) is 5. The summed E-state index contributed by atoms with van der Waals surface area (Å²) in [5.74, 6) is 1.81. The van der Waals surface area contributed by atoms with Crippen LogP contribution in [-0.4, -0.2) is 29.6 Å². The van der Waals surface area contributed by atoms with Crippen LogP contribution in [0.4, 0.5) is 0 Å². The van der Waals surface area contributed by atoms with Crippen LogP contribution in [0.3, 0.4) is 0 Å². The summed E-state index contributed by atoms with van der Waals surface area (Å²) in [5.41, 5.74) is 2.47. The second kappa shape index (κ2) is 7.16. The lowest BCUT2D eigenvalue weighted by Gasteiger charge is -2.26. The first kappa shape index (κ1) is 18.9. The lowest BCUT2D eigenvalue weighted by atomic mass is 9.93. The van der Waals surface area contributed by atoms with Gasteiger partial charge in [-0.25, -0.2) is 4.68 Å². The first-order valence-corrected chi connectivity index (χ1v) is 9.31. The van der Waals surface area contributed by atoms with Gasteiger partial charge in [0, 0.05) is 6.20 Å². The molecule has 0 fully saturated rings. The fourth-order valence-corrected chi connectivity index (χ4v) is 3.26. The minimum atomic E-state index is -0.622. The van der Waals surface area contributed by atoms with Crippen molar-refractivity contribution in [3.63, 3.8) is 0 Å². The number of fused-ring (bicyclic) bond motifs is 1. The molecule has 2 aromatic carbocycles. The van der Waals surface area contributed by atoms with Gasteiger partial charge in [-0.2, -0.15) is 5.10 Å². The quantitative estimate of drug-likeness (QED) is 0.717. The van der Waals surface area contributed by atoms with Crippen molar-refractivity contribution in [1.29, 1.82) is 0 Å². The molecule has 4 rings (SSSR count). The lowest BCUT2D eigenvalue weighted by Crippen LogP contribution is -2.41. The molecule has 1 aromatic heterocycles. The van der Waals surface area contributed by atoms with E-state index < -0.39 is 5.54 Å². The Morgan fingerprint density at radius 2 is 1.93 bits per heavy atom. The van der Waals surface area contributed by atoms with Gasteiger partial charge in [0.15, 0.2) is 17.2 Å². The predicted octanol–water partition coefficient (Wildman–Crippen LogP) is 3.58. The Balaban J connectivity index is 1.56. The fourth-order valence-electron chi connectivity index (χ4n) is 3.26. The molecule has 0 unspecified atom stereocenters. The number of benzene rings is 2. The molecule has 1 aliphatic rings. The highest BCUT2D eigenvalue weighted by Crippen LogP contribution is 2.35. The van der Waals surface area contributed by atoms with Gasteiger partial charge < -0.3 is 19.5 Å². The summed E-state index contributed by atoms with van der Waals surface area (Å²) in [4.78, 5) is 12.9. The van der Waals surface area contributed by atoms with Gasteiger partial charge in [-0.3, -0.25) is 4.79 Å². The highest BCUT2D eigenvalue weighted by molar-refractivity contribution is 5.92. The zero-order chi connectivity index (χ0) is 20.6. The Bertz CT molecular complexity index is 1070. The second-order valence-electron chi connectivity index (χ2n) is 7.47. The van der Waals surface area contributed by atoms with E-state index >= 15 is 0 Å². The van der Waals surface area contributed by atoms with Crippen LogP contribution in [0.25, 0.3) is 5.69 Å². The van der Waals surface area contributed by atoms with Crippen molar-refractivity contribution < 1.29 is 19.0 Å². The van der Waals surface area contributed by atoms with E-state index in [9.17, 15) is 4.79 Å². The normalized spacial score (nSPS) is 12.7. The molecule has 0 bridgehead atoms. The van der Waals surface area contributed by atoms with Crippen molar-refractivity contribution in [3.05, 3.63) is 65.5 Å². The van der Waals surface area contributed by atoms with Crippen molar-refractivity contribution in [3.8, 4) is 22.9 Å². The number of rotatable bonds is 5. The molecular formula is C22H23N3O4. The minimum absolute atomic E-state index is 0.214. The smallest absolute Gasteiger partial charge is 0.272 e. The van der Waals surface area contributed by atoms with E-state index in [1.165, 1.54) is 0 Å². The highest BCUT2D eigenvalue weighted by Gasteiger charge is 2.27. The van der Waals surface area contributed by atoms with Crippen LogP contribution in [0.15, 0.2) is 48.7 Å². The Hall–Kier alpha value is -3.48. The van der Waals surface area contributed by atoms with Crippen LogP contribution in [-0.2, 0) is 5.54 Å². The molecule has 0 atom stereocenters. The van der Waals surface area contributed by atoms with Gasteiger partial charge in [0.05, 0.1) is 12.6 Å². The van der Waals surface area contributed by atoms with E-state index in [2.05, 4.69) is 10.4 Å². The summed E-state index contributed by atoms with van der Waals surface area (Å²) >= 11 is 0. The van der Waals surface area contributed by atoms with Gasteiger partial charge in [-0.15, -0.1) is 0 Å². The van der Waals surface area contributed by atoms with E-state index in [-0.39, 0.29) is 12.7 Å². The molecule has 1 aliphatic heterocycles. The molecule has 0 radical (unpaired) electrons. The third kappa shape index (κ3) is 3.63. The lowest BCUT2D eigenvalue weighted by molar-refractivity contribution is 0.0906. The maximum absolute atomic E-state index is 12.9. The van der Waals surface area contributed by atoms with Gasteiger partial charge in [-0.1, -0.05) is 12.1 Å². The molecular weight excluding hydrogens is 370 g/mol. The maximum atomic E-state index is 12.9. The number of methoxy groups -OCH3 is 1. The largest absolute Gasteiger partial charge is 0.494 e. The molecule has 7 nitrogen and oxygen atoms in total. The summed E-state index contributed by atoms with van der Waals surface area (Å²) in [6.45, 7) is 6.07. The number of nitrogens with one attached hydrogen (secondary N) is 1. The first-order chi connectivity index (χ1) is 13.9. The molecule has 1 N–H and O–H groups in total. The van der Waals surface area contributed by atoms with E-state index in [4.69, 9.17) is 14.2 Å². The van der Waals surface area contributed by atoms with Crippen LogP contribution in [0.2, 0.25) is 0 Å². The monoisotopic (exact) mass is 393 g/mol. The molecule has 0 saturated heterocycles. The number of aromatic nitrogens is 2. The van der Waals surface area contributed by atoms with E-state index in [0.29, 0.717) is 22.9 Å². The number of aryl methyl sites for hydroxylation is 1. The molecule has 2 heterocycles. The Morgan fingerprint density at radius 1 is 1.14 bits per heavy atom. The molecule has 3 aromatic rings. The number of nitrogens with zero attached hydrogens (tertiary/aromatic N) is 2. The Labute approximate surface area is 169 Å². The van der Waals surface area contributed by atoms with Gasteiger partial charge in [0.25, 0.3) is 5.91 Å². The number of carbonyl (C=O) groups excluding carboxylic acids is 1. The average molecular weight is 393 g/mol. The van der Waals surface area contributed by atoms with Crippen LogP contribution < -0.4 is 19.5 Å². The zero-order valence-electron chi connectivity index (χ0n) is 16.9. The standard InChI is InChI=1S/C22H23N3O4/c1-14-5-7-18(27-4)17(11-14)25-10-9-16(24-25)21(26)23-22(2,3)15-6-8-19-20(12-15)29-13-28-19/h5-12H,13H2,1-4H3,(H,23,26). The highest BCUT2D eigenvalue weighted by atomic mass is 16.7. The topological polar surface area (TPSA) is 74.6 Å². The number of carbonyl (C=O) groups is 1. The van der Waals surface area contributed by atoms with Gasteiger partial charge >= 0.3 is 0 Å². The number of amides is 1. The van der Waals surface area contributed by atoms with E-state index in [1.807, 2.05) is 57.2 Å². The maximum Gasteiger partial charge on any atom is 0.272 e. The van der Waals surface area contributed by atoms with Crippen LogP contribution in [0, 0.1) is 6.92 Å². The Kier molecular flexibility index (Phi) is 4.66. The molecule has 0 saturated carbocycles. The number of hydrogen-bond donors (Lipinski definition) is 1. The predicted molar refractivity (Wildman–Crippen MR) is 108 cm³/mol. The van der Waals surface area contributed by atoms with Crippen molar-refractivity contribution >= 4 is 5.91 Å². The van der Waals surface area contributed by atoms with Crippen LogP contribution >= 0.6 is 0 Å². The van der Waals surface area contributed by atoms with Gasteiger partial charge in [0.2, 0.25) is 6.79 Å². The van der Waals surface area contributed by atoms with E-state index in [0.717, 1.165) is 16.8 Å². The van der Waals surface area contributed by atoms with Crippen molar-refractivity contribution in [2.75, 3.05) is 13.9 Å². The average Bonchev–Trinajstić information content (AvgIpc) is 3.36.